The molecule has 0 spiro atoms. The number of carbonyl (C=O) groups is 1. The summed E-state index contributed by atoms with van der Waals surface area (Å²) in [5, 5.41) is 6.17. The molecular formula is C15H17F3N4O5S. The summed E-state index contributed by atoms with van der Waals surface area (Å²) < 4.78 is 71.2. The summed E-state index contributed by atoms with van der Waals surface area (Å²) in [6, 6.07) is 3.70. The summed E-state index contributed by atoms with van der Waals surface area (Å²) in [5.74, 6) is -0.0830. The minimum Gasteiger partial charge on any atom is -0.406 e. The maximum absolute atomic E-state index is 12.1. The fourth-order valence-electron chi connectivity index (χ4n) is 2.04. The second-order valence-electron chi connectivity index (χ2n) is 5.50. The van der Waals surface area contributed by atoms with Gasteiger partial charge in [0.25, 0.3) is 0 Å². The van der Waals surface area contributed by atoms with Gasteiger partial charge in [0.1, 0.15) is 5.75 Å². The van der Waals surface area contributed by atoms with Crippen LogP contribution in [0, 0.1) is 6.92 Å². The van der Waals surface area contributed by atoms with E-state index in [1.807, 2.05) is 0 Å². The number of carbonyl (C=O) groups excluding carboxylic acids is 1. The van der Waals surface area contributed by atoms with Gasteiger partial charge >= 0.3 is 6.36 Å². The minimum absolute atomic E-state index is 0.128. The zero-order chi connectivity index (χ0) is 20.8. The van der Waals surface area contributed by atoms with Crippen LogP contribution in [0.2, 0.25) is 0 Å². The second-order valence-corrected chi connectivity index (χ2v) is 7.27. The zero-order valence-corrected chi connectivity index (χ0v) is 15.4. The molecule has 0 fully saturated rings. The number of halogens is 3. The molecule has 154 valence electrons. The van der Waals surface area contributed by atoms with E-state index in [9.17, 15) is 26.4 Å². The lowest BCUT2D eigenvalue weighted by Crippen LogP contribution is -2.31. The molecule has 1 heterocycles. The SMILES string of the molecule is Cc1noc(CCNC(=O)CCNS(=O)(=O)c2ccc(OC(F)(F)F)cc2)n1. The van der Waals surface area contributed by atoms with Crippen molar-refractivity contribution in [1.29, 1.82) is 0 Å². The van der Waals surface area contributed by atoms with Crippen molar-refractivity contribution in [2.24, 2.45) is 0 Å². The predicted octanol–water partition coefficient (Wildman–Crippen LogP) is 1.30. The third-order valence-corrected chi connectivity index (χ3v) is 4.72. The molecule has 0 aliphatic carbocycles. The van der Waals surface area contributed by atoms with Crippen molar-refractivity contribution in [3.8, 4) is 5.75 Å². The van der Waals surface area contributed by atoms with E-state index >= 15 is 0 Å². The summed E-state index contributed by atoms with van der Waals surface area (Å²) in [6.45, 7) is 1.72. The minimum atomic E-state index is -4.87. The number of nitrogens with one attached hydrogen (secondary N) is 2. The Morgan fingerprint density at radius 1 is 1.21 bits per heavy atom. The van der Waals surface area contributed by atoms with Gasteiger partial charge in [-0.25, -0.2) is 13.1 Å². The molecule has 0 aliphatic heterocycles. The van der Waals surface area contributed by atoms with E-state index in [0.717, 1.165) is 24.3 Å². The van der Waals surface area contributed by atoms with E-state index in [-0.39, 0.29) is 24.4 Å². The van der Waals surface area contributed by atoms with Crippen LogP contribution in [-0.2, 0) is 21.2 Å². The molecule has 9 nitrogen and oxygen atoms in total. The molecule has 2 rings (SSSR count). The molecule has 28 heavy (non-hydrogen) atoms. The number of hydrogen-bond donors (Lipinski definition) is 2. The Balaban J connectivity index is 1.75. The number of nitrogens with zero attached hydrogens (tertiary/aromatic N) is 2. The molecule has 1 amide bonds. The Hall–Kier alpha value is -2.67. The number of aryl methyl sites for hydroxylation is 1. The summed E-state index contributed by atoms with van der Waals surface area (Å²) in [7, 11) is -3.98. The Morgan fingerprint density at radius 2 is 1.89 bits per heavy atom. The second kappa shape index (κ2) is 9.01. The molecule has 0 bridgehead atoms. The first-order valence-corrected chi connectivity index (χ1v) is 9.45. The maximum atomic E-state index is 12.1. The van der Waals surface area contributed by atoms with Gasteiger partial charge in [0, 0.05) is 25.9 Å². The Morgan fingerprint density at radius 3 is 2.46 bits per heavy atom. The van der Waals surface area contributed by atoms with Crippen LogP contribution in [0.25, 0.3) is 0 Å². The maximum Gasteiger partial charge on any atom is 0.573 e. The standard InChI is InChI=1S/C15H17F3N4O5S/c1-10-21-14(27-22-10)7-8-19-13(23)6-9-20-28(24,25)12-4-2-11(3-5-12)26-15(16,17)18/h2-5,20H,6-9H2,1H3,(H,19,23). The van der Waals surface area contributed by atoms with Gasteiger partial charge in [-0.1, -0.05) is 5.16 Å². The molecule has 0 saturated carbocycles. The van der Waals surface area contributed by atoms with Crippen molar-refractivity contribution >= 4 is 15.9 Å². The third kappa shape index (κ3) is 7.15. The van der Waals surface area contributed by atoms with Gasteiger partial charge < -0.3 is 14.6 Å². The van der Waals surface area contributed by atoms with Crippen LogP contribution in [0.5, 0.6) is 5.75 Å². The first kappa shape index (κ1) is 21.6. The molecule has 0 aliphatic rings. The van der Waals surface area contributed by atoms with Gasteiger partial charge in [0.2, 0.25) is 21.8 Å². The highest BCUT2D eigenvalue weighted by molar-refractivity contribution is 7.89. The van der Waals surface area contributed by atoms with Crippen molar-refractivity contribution in [2.45, 2.75) is 31.0 Å². The van der Waals surface area contributed by atoms with Crippen LogP contribution in [0.4, 0.5) is 13.2 Å². The lowest BCUT2D eigenvalue weighted by Gasteiger charge is -2.10. The zero-order valence-electron chi connectivity index (χ0n) is 14.6. The highest BCUT2D eigenvalue weighted by Gasteiger charge is 2.31. The smallest absolute Gasteiger partial charge is 0.406 e. The summed E-state index contributed by atoms with van der Waals surface area (Å²) >= 11 is 0. The molecule has 1 aromatic carbocycles. The van der Waals surface area contributed by atoms with Gasteiger partial charge in [-0.05, 0) is 31.2 Å². The van der Waals surface area contributed by atoms with Crippen molar-refractivity contribution in [3.05, 3.63) is 36.0 Å². The molecule has 0 saturated heterocycles. The molecule has 0 atom stereocenters. The molecule has 2 aromatic rings. The van der Waals surface area contributed by atoms with Crippen LogP contribution in [0.1, 0.15) is 18.1 Å². The number of benzene rings is 1. The monoisotopic (exact) mass is 422 g/mol. The van der Waals surface area contributed by atoms with Gasteiger partial charge in [-0.15, -0.1) is 13.2 Å². The number of ether oxygens (including phenoxy) is 1. The number of hydrogen-bond acceptors (Lipinski definition) is 7. The van der Waals surface area contributed by atoms with E-state index in [1.165, 1.54) is 0 Å². The van der Waals surface area contributed by atoms with Crippen LogP contribution in [0.15, 0.2) is 33.7 Å². The lowest BCUT2D eigenvalue weighted by molar-refractivity contribution is -0.274. The van der Waals surface area contributed by atoms with Gasteiger partial charge in [-0.3, -0.25) is 4.79 Å². The van der Waals surface area contributed by atoms with Crippen LogP contribution < -0.4 is 14.8 Å². The Labute approximate surface area is 158 Å². The van der Waals surface area contributed by atoms with Crippen molar-refractivity contribution in [2.75, 3.05) is 13.1 Å². The summed E-state index contributed by atoms with van der Waals surface area (Å²) in [4.78, 5) is 15.4. The van der Waals surface area contributed by atoms with Crippen molar-refractivity contribution in [3.63, 3.8) is 0 Å². The van der Waals surface area contributed by atoms with Crippen molar-refractivity contribution in [1.82, 2.24) is 20.2 Å². The highest BCUT2D eigenvalue weighted by Crippen LogP contribution is 2.23. The van der Waals surface area contributed by atoms with Crippen LogP contribution in [-0.4, -0.2) is 43.9 Å². The fourth-order valence-corrected chi connectivity index (χ4v) is 3.07. The van der Waals surface area contributed by atoms with E-state index in [2.05, 4.69) is 24.9 Å². The summed E-state index contributed by atoms with van der Waals surface area (Å²) in [5.41, 5.74) is 0. The van der Waals surface area contributed by atoms with E-state index in [1.54, 1.807) is 6.92 Å². The first-order chi connectivity index (χ1) is 13.0. The fraction of sp³-hybridized carbons (Fsp3) is 0.400. The van der Waals surface area contributed by atoms with Gasteiger partial charge in [-0.2, -0.15) is 4.98 Å². The predicted molar refractivity (Wildman–Crippen MR) is 88.7 cm³/mol. The number of sulfonamides is 1. The Bertz CT molecular complexity index is 897. The van der Waals surface area contributed by atoms with Crippen LogP contribution in [0.3, 0.4) is 0 Å². The molecule has 0 radical (unpaired) electrons. The number of amides is 1. The van der Waals surface area contributed by atoms with E-state index < -0.39 is 28.0 Å². The first-order valence-electron chi connectivity index (χ1n) is 7.96. The molecule has 13 heteroatoms. The summed E-state index contributed by atoms with van der Waals surface area (Å²) in [6.07, 6.45) is -4.66. The van der Waals surface area contributed by atoms with Crippen molar-refractivity contribution < 1.29 is 35.6 Å². The normalized spacial score (nSPS) is 12.0. The largest absolute Gasteiger partial charge is 0.573 e. The van der Waals surface area contributed by atoms with Crippen LogP contribution >= 0.6 is 0 Å². The van der Waals surface area contributed by atoms with Gasteiger partial charge in [0.15, 0.2) is 5.82 Å². The molecule has 1 aromatic heterocycles. The van der Waals surface area contributed by atoms with Gasteiger partial charge in [0.05, 0.1) is 4.90 Å². The molecule has 0 unspecified atom stereocenters. The third-order valence-electron chi connectivity index (χ3n) is 3.24. The average Bonchev–Trinajstić information content (AvgIpc) is 2.99. The Kier molecular flexibility index (Phi) is 6.96. The lowest BCUT2D eigenvalue weighted by atomic mass is 10.3. The molecular weight excluding hydrogens is 405 g/mol. The quantitative estimate of drug-likeness (QED) is 0.624. The molecule has 2 N–H and O–H groups in total. The number of alkyl halides is 3. The van der Waals surface area contributed by atoms with E-state index in [0.29, 0.717) is 18.1 Å². The number of rotatable bonds is 9. The topological polar surface area (TPSA) is 123 Å². The number of aromatic nitrogens is 2. The van der Waals surface area contributed by atoms with E-state index in [4.69, 9.17) is 4.52 Å². The highest BCUT2D eigenvalue weighted by atomic mass is 32.2. The average molecular weight is 422 g/mol.